The highest BCUT2D eigenvalue weighted by Crippen LogP contribution is 2.33. The van der Waals surface area contributed by atoms with Crippen LogP contribution in [0.1, 0.15) is 39.5 Å². The summed E-state index contributed by atoms with van der Waals surface area (Å²) in [4.78, 5) is 18.4. The van der Waals surface area contributed by atoms with Crippen molar-refractivity contribution in [3.8, 4) is 5.75 Å². The van der Waals surface area contributed by atoms with E-state index in [1.165, 1.54) is 23.5 Å². The van der Waals surface area contributed by atoms with Crippen molar-refractivity contribution in [1.82, 2.24) is 15.2 Å². The van der Waals surface area contributed by atoms with E-state index >= 15 is 0 Å². The van der Waals surface area contributed by atoms with Crippen molar-refractivity contribution in [3.63, 3.8) is 0 Å². The van der Waals surface area contributed by atoms with Crippen molar-refractivity contribution >= 4 is 27.6 Å². The number of rotatable bonds is 4. The van der Waals surface area contributed by atoms with Crippen molar-refractivity contribution in [2.24, 2.45) is 5.92 Å². The van der Waals surface area contributed by atoms with Gasteiger partial charge in [-0.3, -0.25) is 0 Å². The first-order valence-corrected chi connectivity index (χ1v) is 10.6. The molecule has 28 heavy (non-hydrogen) atoms. The molecular weight excluding hydrogens is 381 g/mol. The Kier molecular flexibility index (Phi) is 5.18. The molecule has 0 bridgehead atoms. The molecule has 2 heterocycles. The van der Waals surface area contributed by atoms with Gasteiger partial charge in [-0.15, -0.1) is 11.3 Å². The smallest absolute Gasteiger partial charge is 0.317 e. The molecule has 152 valence electrons. The summed E-state index contributed by atoms with van der Waals surface area (Å²) in [5.74, 6) is 0.379. The van der Waals surface area contributed by atoms with E-state index in [2.05, 4.69) is 10.3 Å². The molecule has 1 aromatic carbocycles. The fourth-order valence-corrected chi connectivity index (χ4v) is 4.78. The summed E-state index contributed by atoms with van der Waals surface area (Å²) in [5, 5.41) is 13.2. The van der Waals surface area contributed by atoms with Crippen LogP contribution in [0.25, 0.3) is 10.2 Å². The van der Waals surface area contributed by atoms with Gasteiger partial charge in [-0.25, -0.2) is 14.2 Å². The molecule has 2 aliphatic rings. The number of fused-ring (bicyclic) bond motifs is 1. The number of halogens is 1. The van der Waals surface area contributed by atoms with E-state index in [4.69, 9.17) is 4.74 Å². The van der Waals surface area contributed by atoms with Crippen LogP contribution in [-0.4, -0.2) is 51.9 Å². The minimum absolute atomic E-state index is 0.0791. The molecule has 4 rings (SSSR count). The largest absolute Gasteiger partial charge is 0.484 e. The summed E-state index contributed by atoms with van der Waals surface area (Å²) in [5.41, 5.74) is 1.68. The van der Waals surface area contributed by atoms with Crippen molar-refractivity contribution in [2.45, 2.75) is 57.3 Å². The highest BCUT2D eigenvalue weighted by molar-refractivity contribution is 7.16. The van der Waals surface area contributed by atoms with Gasteiger partial charge < -0.3 is 20.1 Å². The minimum Gasteiger partial charge on any atom is -0.484 e. The van der Waals surface area contributed by atoms with Crippen LogP contribution in [-0.2, 0) is 0 Å². The first-order chi connectivity index (χ1) is 13.3. The Morgan fingerprint density at radius 2 is 2.04 bits per heavy atom. The van der Waals surface area contributed by atoms with Crippen molar-refractivity contribution in [1.29, 1.82) is 0 Å². The molecule has 1 saturated carbocycles. The van der Waals surface area contributed by atoms with E-state index in [1.54, 1.807) is 10.4 Å². The Labute approximate surface area is 167 Å². The number of aliphatic hydroxyl groups is 1. The van der Waals surface area contributed by atoms with Crippen LogP contribution in [0, 0.1) is 11.7 Å². The lowest BCUT2D eigenvalue weighted by molar-refractivity contribution is -0.00326. The predicted molar refractivity (Wildman–Crippen MR) is 106 cm³/mol. The molecule has 0 unspecified atom stereocenters. The molecule has 0 radical (unpaired) electrons. The van der Waals surface area contributed by atoms with Gasteiger partial charge in [0.25, 0.3) is 0 Å². The number of likely N-dealkylation sites (tertiary alicyclic amines) is 1. The number of carbonyl (C=O) groups is 1. The summed E-state index contributed by atoms with van der Waals surface area (Å²) in [6.45, 7) is 4.67. The van der Waals surface area contributed by atoms with Crippen LogP contribution in [0.4, 0.5) is 9.18 Å². The monoisotopic (exact) mass is 407 g/mol. The third-order valence-electron chi connectivity index (χ3n) is 5.85. The van der Waals surface area contributed by atoms with E-state index in [0.29, 0.717) is 24.4 Å². The van der Waals surface area contributed by atoms with Gasteiger partial charge >= 0.3 is 6.03 Å². The second-order valence-corrected chi connectivity index (χ2v) is 9.29. The molecule has 6 nitrogen and oxygen atoms in total. The van der Waals surface area contributed by atoms with Gasteiger partial charge in [0.15, 0.2) is 0 Å². The van der Waals surface area contributed by atoms with Gasteiger partial charge in [0, 0.05) is 12.1 Å². The standard InChI is InChI=1S/C20H26FN3O3S/c1-20(2,26)12-3-5-14(6-4-12)23-19(25)24-9-15(10-24)27-16-7-13(21)8-17-18(16)22-11-28-17/h7-8,11-12,14-15,26H,3-6,9-10H2,1-2H3,(H,23,25). The van der Waals surface area contributed by atoms with Gasteiger partial charge in [0.1, 0.15) is 23.2 Å². The van der Waals surface area contributed by atoms with Crippen molar-refractivity contribution < 1.29 is 19.0 Å². The summed E-state index contributed by atoms with van der Waals surface area (Å²) in [6, 6.07) is 2.88. The molecule has 0 atom stereocenters. The minimum atomic E-state index is -0.656. The molecule has 1 saturated heterocycles. The maximum Gasteiger partial charge on any atom is 0.317 e. The van der Waals surface area contributed by atoms with Crippen LogP contribution in [0.5, 0.6) is 5.75 Å². The van der Waals surface area contributed by atoms with Gasteiger partial charge in [-0.05, 0) is 51.5 Å². The first-order valence-electron chi connectivity index (χ1n) is 9.77. The van der Waals surface area contributed by atoms with E-state index in [-0.39, 0.29) is 29.9 Å². The number of thiazole rings is 1. The van der Waals surface area contributed by atoms with E-state index in [9.17, 15) is 14.3 Å². The molecule has 2 N–H and O–H groups in total. The zero-order valence-electron chi connectivity index (χ0n) is 16.2. The average Bonchev–Trinajstić information content (AvgIpc) is 3.05. The maximum atomic E-state index is 13.7. The van der Waals surface area contributed by atoms with E-state index < -0.39 is 5.60 Å². The van der Waals surface area contributed by atoms with Crippen LogP contribution < -0.4 is 10.1 Å². The fraction of sp³-hybridized carbons (Fsp3) is 0.600. The highest BCUT2D eigenvalue weighted by atomic mass is 32.1. The number of nitrogens with one attached hydrogen (secondary N) is 1. The second kappa shape index (κ2) is 7.48. The molecule has 8 heteroatoms. The third-order valence-corrected chi connectivity index (χ3v) is 6.62. The van der Waals surface area contributed by atoms with E-state index in [1.807, 2.05) is 13.8 Å². The van der Waals surface area contributed by atoms with Gasteiger partial charge in [-0.1, -0.05) is 0 Å². The third kappa shape index (κ3) is 4.07. The number of benzene rings is 1. The Morgan fingerprint density at radius 3 is 2.71 bits per heavy atom. The quantitative estimate of drug-likeness (QED) is 0.813. The molecule has 0 spiro atoms. The Bertz CT molecular complexity index is 852. The SMILES string of the molecule is CC(C)(O)C1CCC(NC(=O)N2CC(Oc3cc(F)cc4scnc34)C2)CC1. The molecule has 2 fully saturated rings. The lowest BCUT2D eigenvalue weighted by Gasteiger charge is -2.41. The van der Waals surface area contributed by atoms with E-state index in [0.717, 1.165) is 30.4 Å². The summed E-state index contributed by atoms with van der Waals surface area (Å²) in [7, 11) is 0. The van der Waals surface area contributed by atoms with Crippen LogP contribution in [0.2, 0.25) is 0 Å². The second-order valence-electron chi connectivity index (χ2n) is 8.40. The number of carbonyl (C=O) groups excluding carboxylic acids is 1. The number of ether oxygens (including phenoxy) is 1. The number of aromatic nitrogens is 1. The zero-order chi connectivity index (χ0) is 19.9. The molecule has 1 aliphatic heterocycles. The maximum absolute atomic E-state index is 13.7. The molecule has 2 amide bonds. The zero-order valence-corrected chi connectivity index (χ0v) is 17.0. The number of hydrogen-bond donors (Lipinski definition) is 2. The summed E-state index contributed by atoms with van der Waals surface area (Å²) >= 11 is 1.37. The van der Waals surface area contributed by atoms with Gasteiger partial charge in [-0.2, -0.15) is 0 Å². The lowest BCUT2D eigenvalue weighted by Crippen LogP contribution is -2.60. The first kappa shape index (κ1) is 19.4. The molecular formula is C20H26FN3O3S. The van der Waals surface area contributed by atoms with Crippen LogP contribution >= 0.6 is 11.3 Å². The number of urea groups is 1. The number of nitrogens with zero attached hydrogens (tertiary/aromatic N) is 2. The Hall–Kier alpha value is -1.93. The van der Waals surface area contributed by atoms with Gasteiger partial charge in [0.05, 0.1) is 28.9 Å². The topological polar surface area (TPSA) is 74.7 Å². The summed E-state index contributed by atoms with van der Waals surface area (Å²) < 4.78 is 20.4. The summed E-state index contributed by atoms with van der Waals surface area (Å²) in [6.07, 6.45) is 3.47. The molecule has 1 aromatic heterocycles. The average molecular weight is 408 g/mol. The lowest BCUT2D eigenvalue weighted by atomic mass is 9.77. The van der Waals surface area contributed by atoms with Crippen LogP contribution in [0.3, 0.4) is 0 Å². The Morgan fingerprint density at radius 1 is 1.32 bits per heavy atom. The normalized spacial score (nSPS) is 23.5. The number of amides is 2. The van der Waals surface area contributed by atoms with Crippen molar-refractivity contribution in [3.05, 3.63) is 23.5 Å². The number of hydrogen-bond acceptors (Lipinski definition) is 5. The molecule has 2 aromatic rings. The fourth-order valence-electron chi connectivity index (χ4n) is 4.06. The molecule has 1 aliphatic carbocycles. The predicted octanol–water partition coefficient (Wildman–Crippen LogP) is 3.54. The highest BCUT2D eigenvalue weighted by Gasteiger charge is 2.36. The Balaban J connectivity index is 1.25. The van der Waals surface area contributed by atoms with Gasteiger partial charge in [0.2, 0.25) is 0 Å². The van der Waals surface area contributed by atoms with Crippen LogP contribution in [0.15, 0.2) is 17.6 Å². The van der Waals surface area contributed by atoms with Crippen molar-refractivity contribution in [2.75, 3.05) is 13.1 Å².